The molecule has 1 amide bonds. The van der Waals surface area contributed by atoms with Crippen LogP contribution in [0.5, 0.6) is 0 Å². The van der Waals surface area contributed by atoms with Crippen molar-refractivity contribution in [1.82, 2.24) is 10.1 Å². The van der Waals surface area contributed by atoms with E-state index in [2.05, 4.69) is 22.4 Å². The van der Waals surface area contributed by atoms with Crippen LogP contribution in [0.15, 0.2) is 65.2 Å². The minimum Gasteiger partial charge on any atom is -0.356 e. The molecule has 2 aromatic heterocycles. The number of aryl methyl sites for hydroxylation is 1. The zero-order chi connectivity index (χ0) is 22.2. The van der Waals surface area contributed by atoms with Gasteiger partial charge in [-0.3, -0.25) is 20.2 Å². The molecule has 0 radical (unpaired) electrons. The Morgan fingerprint density at radius 2 is 1.91 bits per heavy atom. The molecule has 0 unspecified atom stereocenters. The molecule has 0 atom stereocenters. The molecule has 0 spiro atoms. The Bertz CT molecular complexity index is 1490. The van der Waals surface area contributed by atoms with Crippen molar-refractivity contribution in [2.24, 2.45) is 0 Å². The van der Waals surface area contributed by atoms with E-state index >= 15 is 0 Å². The van der Waals surface area contributed by atoms with Gasteiger partial charge in [-0.15, -0.1) is 0 Å². The van der Waals surface area contributed by atoms with Crippen LogP contribution in [-0.4, -0.2) is 21.0 Å². The molecule has 5 rings (SSSR count). The lowest BCUT2D eigenvalue weighted by Gasteiger charge is -2.02. The van der Waals surface area contributed by atoms with Crippen molar-refractivity contribution in [3.63, 3.8) is 0 Å². The van der Waals surface area contributed by atoms with Crippen LogP contribution in [0.3, 0.4) is 0 Å². The molecule has 0 aliphatic heterocycles. The van der Waals surface area contributed by atoms with Crippen molar-refractivity contribution >= 4 is 49.2 Å². The van der Waals surface area contributed by atoms with Crippen LogP contribution in [0.25, 0.3) is 32.4 Å². The van der Waals surface area contributed by atoms with E-state index in [9.17, 15) is 14.9 Å². The van der Waals surface area contributed by atoms with Gasteiger partial charge in [-0.25, -0.2) is 4.98 Å². The van der Waals surface area contributed by atoms with E-state index in [1.54, 1.807) is 36.4 Å². The summed E-state index contributed by atoms with van der Waals surface area (Å²) in [5.74, 6) is -0.257. The van der Waals surface area contributed by atoms with Crippen LogP contribution in [0, 0.1) is 10.1 Å². The molecule has 158 valence electrons. The molecule has 0 saturated carbocycles. The normalized spacial score (nSPS) is 11.2. The topological polar surface area (TPSA) is 111 Å². The van der Waals surface area contributed by atoms with Crippen LogP contribution < -0.4 is 5.32 Å². The standard InChI is InChI=1S/C23H16N4O4S/c1-2-13-7-9-14(10-8-13)22(28)25-23-24-21-18(32-23)12-11-17-19(21)20(26-31-17)15-5-3-4-6-16(15)27(29)30/h3-12H,2H2,1H3,(H,24,25,28). The zero-order valence-corrected chi connectivity index (χ0v) is 17.7. The van der Waals surface area contributed by atoms with Crippen molar-refractivity contribution in [3.8, 4) is 11.3 Å². The number of rotatable bonds is 5. The van der Waals surface area contributed by atoms with Crippen molar-refractivity contribution in [2.45, 2.75) is 13.3 Å². The van der Waals surface area contributed by atoms with Crippen LogP contribution in [0.4, 0.5) is 10.8 Å². The SMILES string of the molecule is CCc1ccc(C(=O)Nc2nc3c(ccc4onc(-c5ccccc5[N+](=O)[O-])c43)s2)cc1. The van der Waals surface area contributed by atoms with E-state index in [0.717, 1.165) is 16.7 Å². The first-order valence-electron chi connectivity index (χ1n) is 9.88. The molecule has 0 aliphatic carbocycles. The fourth-order valence-electron chi connectivity index (χ4n) is 3.55. The van der Waals surface area contributed by atoms with Gasteiger partial charge in [-0.1, -0.05) is 47.7 Å². The predicted octanol–water partition coefficient (Wildman–Crippen LogP) is 5.83. The molecule has 0 aliphatic rings. The second-order valence-electron chi connectivity index (χ2n) is 7.11. The van der Waals surface area contributed by atoms with Gasteiger partial charge in [0.25, 0.3) is 11.6 Å². The Morgan fingerprint density at radius 1 is 1.12 bits per heavy atom. The number of fused-ring (bicyclic) bond motifs is 3. The van der Waals surface area contributed by atoms with Crippen molar-refractivity contribution < 1.29 is 14.2 Å². The first kappa shape index (κ1) is 19.8. The third-order valence-electron chi connectivity index (χ3n) is 5.20. The van der Waals surface area contributed by atoms with Crippen molar-refractivity contribution in [3.05, 3.63) is 81.9 Å². The predicted molar refractivity (Wildman–Crippen MR) is 123 cm³/mol. The smallest absolute Gasteiger partial charge is 0.278 e. The number of hydrogen-bond donors (Lipinski definition) is 1. The number of hydrogen-bond acceptors (Lipinski definition) is 7. The van der Waals surface area contributed by atoms with Gasteiger partial charge in [0, 0.05) is 11.6 Å². The summed E-state index contributed by atoms with van der Waals surface area (Å²) in [5.41, 5.74) is 3.34. The Balaban J connectivity index is 1.57. The number of benzene rings is 3. The number of carbonyl (C=O) groups is 1. The van der Waals surface area contributed by atoms with Gasteiger partial charge < -0.3 is 4.52 Å². The Hall–Kier alpha value is -4.11. The van der Waals surface area contributed by atoms with Gasteiger partial charge in [-0.2, -0.15) is 0 Å². The molecule has 5 aromatic rings. The first-order chi connectivity index (χ1) is 15.5. The molecule has 32 heavy (non-hydrogen) atoms. The maximum atomic E-state index is 12.7. The van der Waals surface area contributed by atoms with E-state index in [1.165, 1.54) is 17.4 Å². The molecule has 0 bridgehead atoms. The largest absolute Gasteiger partial charge is 0.356 e. The van der Waals surface area contributed by atoms with Gasteiger partial charge in [0.05, 0.1) is 26.1 Å². The lowest BCUT2D eigenvalue weighted by Crippen LogP contribution is -2.11. The highest BCUT2D eigenvalue weighted by atomic mass is 32.1. The molecule has 3 aromatic carbocycles. The minimum atomic E-state index is -0.452. The van der Waals surface area contributed by atoms with E-state index in [0.29, 0.717) is 38.4 Å². The number of aromatic nitrogens is 2. The summed E-state index contributed by atoms with van der Waals surface area (Å²) in [5, 5.41) is 19.4. The van der Waals surface area contributed by atoms with Crippen LogP contribution >= 0.6 is 11.3 Å². The third-order valence-corrected chi connectivity index (χ3v) is 6.13. The van der Waals surface area contributed by atoms with Crippen molar-refractivity contribution in [1.29, 1.82) is 0 Å². The molecule has 0 fully saturated rings. The maximum Gasteiger partial charge on any atom is 0.278 e. The number of nitro groups is 1. The third kappa shape index (κ3) is 3.38. The number of carbonyl (C=O) groups excluding carboxylic acids is 1. The summed E-state index contributed by atoms with van der Waals surface area (Å²) in [6, 6.07) is 17.3. The number of nitro benzene ring substituents is 1. The number of nitrogens with zero attached hydrogens (tertiary/aromatic N) is 3. The van der Waals surface area contributed by atoms with E-state index in [-0.39, 0.29) is 11.6 Å². The molecule has 2 heterocycles. The monoisotopic (exact) mass is 444 g/mol. The minimum absolute atomic E-state index is 0.0704. The summed E-state index contributed by atoms with van der Waals surface area (Å²) < 4.78 is 6.24. The number of nitrogens with one attached hydrogen (secondary N) is 1. The number of anilines is 1. The first-order valence-corrected chi connectivity index (χ1v) is 10.7. The van der Waals surface area contributed by atoms with Gasteiger partial charge in [0.1, 0.15) is 5.69 Å². The molecule has 8 nitrogen and oxygen atoms in total. The number of thiazole rings is 1. The molecule has 1 N–H and O–H groups in total. The van der Waals surface area contributed by atoms with E-state index < -0.39 is 4.92 Å². The van der Waals surface area contributed by atoms with Gasteiger partial charge in [0.2, 0.25) is 0 Å². The summed E-state index contributed by atoms with van der Waals surface area (Å²) in [4.78, 5) is 28.3. The number of amides is 1. The molecule has 9 heteroatoms. The van der Waals surface area contributed by atoms with E-state index in [4.69, 9.17) is 4.52 Å². The fourth-order valence-corrected chi connectivity index (χ4v) is 4.42. The summed E-state index contributed by atoms with van der Waals surface area (Å²) in [6.45, 7) is 2.06. The lowest BCUT2D eigenvalue weighted by molar-refractivity contribution is -0.384. The van der Waals surface area contributed by atoms with Crippen LogP contribution in [0.2, 0.25) is 0 Å². The highest BCUT2D eigenvalue weighted by molar-refractivity contribution is 7.22. The summed E-state index contributed by atoms with van der Waals surface area (Å²) >= 11 is 1.31. The zero-order valence-electron chi connectivity index (χ0n) is 16.9. The Morgan fingerprint density at radius 3 is 2.66 bits per heavy atom. The summed E-state index contributed by atoms with van der Waals surface area (Å²) in [6.07, 6.45) is 0.899. The maximum absolute atomic E-state index is 12.7. The second kappa shape index (κ2) is 7.86. The van der Waals surface area contributed by atoms with Gasteiger partial charge >= 0.3 is 0 Å². The van der Waals surface area contributed by atoms with Crippen LogP contribution in [0.1, 0.15) is 22.8 Å². The van der Waals surface area contributed by atoms with Gasteiger partial charge in [0.15, 0.2) is 10.7 Å². The molecule has 0 saturated heterocycles. The highest BCUT2D eigenvalue weighted by Gasteiger charge is 2.23. The molecular weight excluding hydrogens is 428 g/mol. The second-order valence-corrected chi connectivity index (χ2v) is 8.15. The Labute approximate surface area is 185 Å². The average Bonchev–Trinajstić information content (AvgIpc) is 3.42. The van der Waals surface area contributed by atoms with Gasteiger partial charge in [-0.05, 0) is 42.3 Å². The Kier molecular flexibility index (Phi) is 4.87. The highest BCUT2D eigenvalue weighted by Crippen LogP contribution is 2.39. The fraction of sp³-hybridized carbons (Fsp3) is 0.0870. The summed E-state index contributed by atoms with van der Waals surface area (Å²) in [7, 11) is 0. The van der Waals surface area contributed by atoms with Crippen molar-refractivity contribution in [2.75, 3.05) is 5.32 Å². The van der Waals surface area contributed by atoms with E-state index in [1.807, 2.05) is 18.2 Å². The number of para-hydroxylation sites is 1. The molecular formula is C23H16N4O4S. The average molecular weight is 444 g/mol. The quantitative estimate of drug-likeness (QED) is 0.270. The lowest BCUT2D eigenvalue weighted by atomic mass is 10.1. The van der Waals surface area contributed by atoms with Crippen LogP contribution in [-0.2, 0) is 6.42 Å².